The zero-order chi connectivity index (χ0) is 18.9. The van der Waals surface area contributed by atoms with Crippen LogP contribution in [-0.4, -0.2) is 42.5 Å². The number of anilines is 1. The van der Waals surface area contributed by atoms with Gasteiger partial charge in [0.2, 0.25) is 0 Å². The third-order valence-corrected chi connectivity index (χ3v) is 5.47. The van der Waals surface area contributed by atoms with Crippen molar-refractivity contribution in [1.29, 1.82) is 0 Å². The Morgan fingerprint density at radius 2 is 2.08 bits per heavy atom. The topological polar surface area (TPSA) is 111 Å². The van der Waals surface area contributed by atoms with E-state index in [-0.39, 0.29) is 11.9 Å². The van der Waals surface area contributed by atoms with Gasteiger partial charge in [0.15, 0.2) is 11.6 Å². The largest absolute Gasteiger partial charge is 0.478 e. The Hall–Kier alpha value is -2.46. The normalized spacial score (nSPS) is 15.8. The molecule has 8 nitrogen and oxygen atoms in total. The molecule has 1 fully saturated rings. The van der Waals surface area contributed by atoms with Crippen molar-refractivity contribution in [2.75, 3.05) is 17.9 Å². The van der Waals surface area contributed by atoms with Crippen LogP contribution in [0, 0.1) is 12.7 Å². The van der Waals surface area contributed by atoms with Crippen molar-refractivity contribution >= 4 is 21.8 Å². The van der Waals surface area contributed by atoms with Gasteiger partial charge in [-0.3, -0.25) is 9.40 Å². The molecule has 0 unspecified atom stereocenters. The third-order valence-electron chi connectivity index (χ3n) is 4.12. The fourth-order valence-electron chi connectivity index (χ4n) is 2.82. The molecule has 26 heavy (non-hydrogen) atoms. The van der Waals surface area contributed by atoms with Gasteiger partial charge in [-0.25, -0.2) is 17.6 Å². The molecule has 0 aliphatic carbocycles. The monoisotopic (exact) mass is 383 g/mol. The van der Waals surface area contributed by atoms with Crippen molar-refractivity contribution in [3.63, 3.8) is 0 Å². The summed E-state index contributed by atoms with van der Waals surface area (Å²) in [6, 6.07) is 3.74. The van der Waals surface area contributed by atoms with Crippen LogP contribution in [0.25, 0.3) is 0 Å². The van der Waals surface area contributed by atoms with Crippen molar-refractivity contribution < 1.29 is 27.4 Å². The number of carbonyl (C=O) groups is 1. The molecule has 0 bridgehead atoms. The van der Waals surface area contributed by atoms with Crippen LogP contribution in [-0.2, 0) is 14.8 Å². The van der Waals surface area contributed by atoms with Gasteiger partial charge in [-0.1, -0.05) is 0 Å². The van der Waals surface area contributed by atoms with E-state index >= 15 is 0 Å². The van der Waals surface area contributed by atoms with Gasteiger partial charge in [-0.15, -0.1) is 0 Å². The molecule has 140 valence electrons. The average Bonchev–Trinajstić information content (AvgIpc) is 3.05. The van der Waals surface area contributed by atoms with E-state index < -0.39 is 32.3 Å². The first-order valence-corrected chi connectivity index (χ1v) is 9.45. The molecule has 1 aliphatic heterocycles. The molecule has 3 rings (SSSR count). The number of ether oxygens (including phenoxy) is 1. The molecule has 2 N–H and O–H groups in total. The van der Waals surface area contributed by atoms with Crippen LogP contribution in [0.15, 0.2) is 29.3 Å². The SMILES string of the molecule is Cc1cc(C(=O)O)c(F)c(S(=O)(=O)Nc2ccn(C3CCOCC3)n2)c1. The van der Waals surface area contributed by atoms with Gasteiger partial charge in [0, 0.05) is 25.5 Å². The number of halogens is 1. The average molecular weight is 383 g/mol. The van der Waals surface area contributed by atoms with Crippen LogP contribution in [0.3, 0.4) is 0 Å². The lowest BCUT2D eigenvalue weighted by molar-refractivity contribution is 0.0663. The highest BCUT2D eigenvalue weighted by Crippen LogP contribution is 2.24. The highest BCUT2D eigenvalue weighted by Gasteiger charge is 2.26. The summed E-state index contributed by atoms with van der Waals surface area (Å²) in [5.41, 5.74) is -0.380. The minimum Gasteiger partial charge on any atom is -0.478 e. The van der Waals surface area contributed by atoms with Crippen LogP contribution in [0.5, 0.6) is 0 Å². The number of benzene rings is 1. The summed E-state index contributed by atoms with van der Waals surface area (Å²) in [5.74, 6) is -2.81. The Morgan fingerprint density at radius 1 is 1.38 bits per heavy atom. The van der Waals surface area contributed by atoms with Gasteiger partial charge in [0.25, 0.3) is 10.0 Å². The number of carboxylic acid groups (broad SMARTS) is 1. The fraction of sp³-hybridized carbons (Fsp3) is 0.375. The molecule has 1 saturated heterocycles. The number of hydrogen-bond acceptors (Lipinski definition) is 5. The molecule has 1 aromatic carbocycles. The van der Waals surface area contributed by atoms with Crippen LogP contribution >= 0.6 is 0 Å². The van der Waals surface area contributed by atoms with E-state index in [1.807, 2.05) is 0 Å². The molecule has 2 aromatic rings. The molecule has 0 spiro atoms. The van der Waals surface area contributed by atoms with Crippen LogP contribution in [0.2, 0.25) is 0 Å². The van der Waals surface area contributed by atoms with E-state index in [2.05, 4.69) is 9.82 Å². The van der Waals surface area contributed by atoms with E-state index in [1.54, 1.807) is 10.9 Å². The first-order chi connectivity index (χ1) is 12.3. The number of hydrogen-bond donors (Lipinski definition) is 2. The van der Waals surface area contributed by atoms with Gasteiger partial charge >= 0.3 is 5.97 Å². The quantitative estimate of drug-likeness (QED) is 0.819. The predicted molar refractivity (Wildman–Crippen MR) is 90.2 cm³/mol. The minimum atomic E-state index is -4.33. The molecule has 1 aromatic heterocycles. The smallest absolute Gasteiger partial charge is 0.338 e. The third kappa shape index (κ3) is 3.70. The van der Waals surface area contributed by atoms with Gasteiger partial charge in [0.1, 0.15) is 4.90 Å². The summed E-state index contributed by atoms with van der Waals surface area (Å²) >= 11 is 0. The Kier molecular flexibility index (Phi) is 4.97. The van der Waals surface area contributed by atoms with E-state index in [1.165, 1.54) is 13.0 Å². The number of nitrogens with one attached hydrogen (secondary N) is 1. The van der Waals surface area contributed by atoms with Crippen LogP contribution in [0.4, 0.5) is 10.2 Å². The fourth-order valence-corrected chi connectivity index (χ4v) is 4.01. The minimum absolute atomic E-state index is 0.0364. The van der Waals surface area contributed by atoms with Crippen LogP contribution in [0.1, 0.15) is 34.8 Å². The number of sulfonamides is 1. The molecule has 0 saturated carbocycles. The Morgan fingerprint density at radius 3 is 2.73 bits per heavy atom. The van der Waals surface area contributed by atoms with Crippen LogP contribution < -0.4 is 4.72 Å². The molecule has 0 radical (unpaired) electrons. The highest BCUT2D eigenvalue weighted by atomic mass is 32.2. The molecule has 0 atom stereocenters. The van der Waals surface area contributed by atoms with E-state index in [0.29, 0.717) is 18.8 Å². The predicted octanol–water partition coefficient (Wildman–Crippen LogP) is 2.18. The molecule has 2 heterocycles. The second-order valence-electron chi connectivity index (χ2n) is 6.06. The van der Waals surface area contributed by atoms with Gasteiger partial charge in [-0.05, 0) is 37.5 Å². The summed E-state index contributed by atoms with van der Waals surface area (Å²) < 4.78 is 48.5. The lowest BCUT2D eigenvalue weighted by Crippen LogP contribution is -2.21. The zero-order valence-corrected chi connectivity index (χ0v) is 14.8. The first-order valence-electron chi connectivity index (χ1n) is 7.97. The second kappa shape index (κ2) is 7.04. The second-order valence-corrected chi connectivity index (χ2v) is 7.71. The highest BCUT2D eigenvalue weighted by molar-refractivity contribution is 7.92. The molecule has 0 amide bonds. The number of carboxylic acids is 1. The Labute approximate surface area is 149 Å². The molecular formula is C16H18FN3O5S. The number of nitrogens with zero attached hydrogens (tertiary/aromatic N) is 2. The summed E-state index contributed by atoms with van der Waals surface area (Å²) in [7, 11) is -4.33. The lowest BCUT2D eigenvalue weighted by Gasteiger charge is -2.22. The summed E-state index contributed by atoms with van der Waals surface area (Å²) in [6.45, 7) is 2.71. The number of rotatable bonds is 5. The standard InChI is InChI=1S/C16H18FN3O5S/c1-10-8-12(16(21)22)15(17)13(9-10)26(23,24)19-14-2-5-20(18-14)11-3-6-25-7-4-11/h2,5,8-9,11H,3-4,6-7H2,1H3,(H,18,19)(H,21,22). The number of aromatic nitrogens is 2. The van der Waals surface area contributed by atoms with Crippen molar-refractivity contribution in [3.05, 3.63) is 41.3 Å². The Bertz CT molecular complexity index is 935. The maximum absolute atomic E-state index is 14.4. The van der Waals surface area contributed by atoms with Gasteiger partial charge in [0.05, 0.1) is 11.6 Å². The maximum Gasteiger partial charge on any atom is 0.338 e. The molecular weight excluding hydrogens is 365 g/mol. The van der Waals surface area contributed by atoms with Crippen molar-refractivity contribution in [1.82, 2.24) is 9.78 Å². The molecule has 10 heteroatoms. The zero-order valence-electron chi connectivity index (χ0n) is 14.0. The lowest BCUT2D eigenvalue weighted by atomic mass is 10.1. The maximum atomic E-state index is 14.4. The number of aryl methyl sites for hydroxylation is 1. The van der Waals surface area contributed by atoms with Crippen molar-refractivity contribution in [2.24, 2.45) is 0 Å². The summed E-state index contributed by atoms with van der Waals surface area (Å²) in [5, 5.41) is 13.2. The Balaban J connectivity index is 1.88. The van der Waals surface area contributed by atoms with Gasteiger partial charge in [-0.2, -0.15) is 5.10 Å². The molecule has 1 aliphatic rings. The number of aromatic carboxylic acids is 1. The van der Waals surface area contributed by atoms with E-state index in [0.717, 1.165) is 25.0 Å². The first kappa shape index (κ1) is 18.3. The van der Waals surface area contributed by atoms with Crippen molar-refractivity contribution in [2.45, 2.75) is 30.7 Å². The summed E-state index contributed by atoms with van der Waals surface area (Å²) in [4.78, 5) is 10.4. The van der Waals surface area contributed by atoms with Gasteiger partial charge < -0.3 is 9.84 Å². The summed E-state index contributed by atoms with van der Waals surface area (Å²) in [6.07, 6.45) is 3.17. The van der Waals surface area contributed by atoms with E-state index in [9.17, 15) is 17.6 Å². The van der Waals surface area contributed by atoms with E-state index in [4.69, 9.17) is 9.84 Å². The van der Waals surface area contributed by atoms with Crippen molar-refractivity contribution in [3.8, 4) is 0 Å².